The molecule has 0 bridgehead atoms. The second-order valence-electron chi connectivity index (χ2n) is 4.33. The third-order valence-electron chi connectivity index (χ3n) is 2.71. The van der Waals surface area contributed by atoms with Gasteiger partial charge in [-0.1, -0.05) is 23.8 Å². The SMILES string of the molecule is Cc1ccc(C)c(C(C)NC(C)CO)c1. The monoisotopic (exact) mass is 207 g/mol. The van der Waals surface area contributed by atoms with Gasteiger partial charge in [-0.3, -0.25) is 0 Å². The zero-order valence-corrected chi connectivity index (χ0v) is 10.0. The van der Waals surface area contributed by atoms with Crippen molar-refractivity contribution < 1.29 is 5.11 Å². The third-order valence-corrected chi connectivity index (χ3v) is 2.71. The highest BCUT2D eigenvalue weighted by molar-refractivity contribution is 5.32. The Kier molecular flexibility index (Phi) is 4.30. The van der Waals surface area contributed by atoms with Crippen molar-refractivity contribution in [2.45, 2.75) is 39.8 Å². The van der Waals surface area contributed by atoms with E-state index >= 15 is 0 Å². The Morgan fingerprint density at radius 2 is 1.93 bits per heavy atom. The molecule has 0 spiro atoms. The summed E-state index contributed by atoms with van der Waals surface area (Å²) in [6.45, 7) is 8.52. The second kappa shape index (κ2) is 5.29. The molecular formula is C13H21NO. The average molecular weight is 207 g/mol. The molecule has 0 heterocycles. The Morgan fingerprint density at radius 3 is 2.53 bits per heavy atom. The Balaban J connectivity index is 2.80. The van der Waals surface area contributed by atoms with Gasteiger partial charge in [-0.15, -0.1) is 0 Å². The minimum Gasteiger partial charge on any atom is -0.395 e. The van der Waals surface area contributed by atoms with Crippen molar-refractivity contribution in [2.24, 2.45) is 0 Å². The standard InChI is InChI=1S/C13H21NO/c1-9-5-6-10(2)13(7-9)12(4)14-11(3)8-15/h5-7,11-12,14-15H,8H2,1-4H3. The van der Waals surface area contributed by atoms with E-state index in [1.807, 2.05) is 6.92 Å². The van der Waals surface area contributed by atoms with Crippen LogP contribution in [0.1, 0.15) is 36.6 Å². The fraction of sp³-hybridized carbons (Fsp3) is 0.538. The fourth-order valence-corrected chi connectivity index (χ4v) is 1.80. The van der Waals surface area contributed by atoms with Gasteiger partial charge in [0, 0.05) is 12.1 Å². The first kappa shape index (κ1) is 12.2. The number of aryl methyl sites for hydroxylation is 2. The highest BCUT2D eigenvalue weighted by Crippen LogP contribution is 2.19. The van der Waals surface area contributed by atoms with Crippen molar-refractivity contribution in [2.75, 3.05) is 6.61 Å². The van der Waals surface area contributed by atoms with E-state index in [2.05, 4.69) is 44.3 Å². The lowest BCUT2D eigenvalue weighted by Gasteiger charge is -2.20. The molecule has 0 aromatic heterocycles. The predicted molar refractivity (Wildman–Crippen MR) is 64.0 cm³/mol. The van der Waals surface area contributed by atoms with Crippen LogP contribution < -0.4 is 5.32 Å². The zero-order valence-electron chi connectivity index (χ0n) is 10.0. The Labute approximate surface area is 92.3 Å². The normalized spacial score (nSPS) is 15.0. The zero-order chi connectivity index (χ0) is 11.4. The Morgan fingerprint density at radius 1 is 1.27 bits per heavy atom. The van der Waals surface area contributed by atoms with E-state index in [-0.39, 0.29) is 18.7 Å². The average Bonchev–Trinajstić information content (AvgIpc) is 2.21. The van der Waals surface area contributed by atoms with Crippen LogP contribution in [-0.2, 0) is 0 Å². The van der Waals surface area contributed by atoms with Gasteiger partial charge in [0.15, 0.2) is 0 Å². The number of nitrogens with one attached hydrogen (secondary N) is 1. The lowest BCUT2D eigenvalue weighted by atomic mass is 9.99. The molecule has 0 amide bonds. The topological polar surface area (TPSA) is 32.3 Å². The van der Waals surface area contributed by atoms with Gasteiger partial charge in [0.05, 0.1) is 6.61 Å². The molecule has 0 aliphatic rings. The molecule has 0 fully saturated rings. The molecule has 2 atom stereocenters. The molecule has 1 aromatic carbocycles. The van der Waals surface area contributed by atoms with E-state index in [4.69, 9.17) is 5.11 Å². The van der Waals surface area contributed by atoms with Crippen LogP contribution in [0.2, 0.25) is 0 Å². The minimum absolute atomic E-state index is 0.139. The molecule has 84 valence electrons. The van der Waals surface area contributed by atoms with Crippen LogP contribution >= 0.6 is 0 Å². The lowest BCUT2D eigenvalue weighted by molar-refractivity contribution is 0.243. The summed E-state index contributed by atoms with van der Waals surface area (Å²) in [6.07, 6.45) is 0. The van der Waals surface area contributed by atoms with Gasteiger partial charge in [0.2, 0.25) is 0 Å². The predicted octanol–water partition coefficient (Wildman–Crippen LogP) is 2.33. The Bertz CT molecular complexity index is 322. The number of benzene rings is 1. The van der Waals surface area contributed by atoms with Gasteiger partial charge in [0.25, 0.3) is 0 Å². The molecule has 2 unspecified atom stereocenters. The van der Waals surface area contributed by atoms with Gasteiger partial charge in [-0.2, -0.15) is 0 Å². The largest absolute Gasteiger partial charge is 0.395 e. The van der Waals surface area contributed by atoms with Gasteiger partial charge >= 0.3 is 0 Å². The molecule has 0 saturated heterocycles. The highest BCUT2D eigenvalue weighted by Gasteiger charge is 2.10. The lowest BCUT2D eigenvalue weighted by Crippen LogP contribution is -2.32. The van der Waals surface area contributed by atoms with Crippen LogP contribution in [0.15, 0.2) is 18.2 Å². The summed E-state index contributed by atoms with van der Waals surface area (Å²) in [5.41, 5.74) is 3.89. The van der Waals surface area contributed by atoms with Crippen LogP contribution in [0.25, 0.3) is 0 Å². The van der Waals surface area contributed by atoms with E-state index in [9.17, 15) is 0 Å². The molecular weight excluding hydrogens is 186 g/mol. The molecule has 0 radical (unpaired) electrons. The van der Waals surface area contributed by atoms with Gasteiger partial charge in [0.1, 0.15) is 0 Å². The van der Waals surface area contributed by atoms with Crippen molar-refractivity contribution >= 4 is 0 Å². The quantitative estimate of drug-likeness (QED) is 0.794. The van der Waals surface area contributed by atoms with Gasteiger partial charge in [-0.05, 0) is 38.8 Å². The van der Waals surface area contributed by atoms with Crippen LogP contribution in [-0.4, -0.2) is 17.8 Å². The summed E-state index contributed by atoms with van der Waals surface area (Å²) in [5, 5.41) is 12.4. The van der Waals surface area contributed by atoms with Gasteiger partial charge < -0.3 is 10.4 Å². The summed E-state index contributed by atoms with van der Waals surface area (Å²) >= 11 is 0. The molecule has 0 saturated carbocycles. The summed E-state index contributed by atoms with van der Waals surface area (Å²) in [6, 6.07) is 6.90. The summed E-state index contributed by atoms with van der Waals surface area (Å²) in [5.74, 6) is 0. The minimum atomic E-state index is 0.139. The van der Waals surface area contributed by atoms with Gasteiger partial charge in [-0.25, -0.2) is 0 Å². The second-order valence-corrected chi connectivity index (χ2v) is 4.33. The number of aliphatic hydroxyl groups is 1. The molecule has 2 N–H and O–H groups in total. The maximum absolute atomic E-state index is 8.99. The molecule has 1 aromatic rings. The summed E-state index contributed by atoms with van der Waals surface area (Å²) in [7, 11) is 0. The number of aliphatic hydroxyl groups excluding tert-OH is 1. The molecule has 0 aliphatic carbocycles. The van der Waals surface area contributed by atoms with Crippen LogP contribution in [0, 0.1) is 13.8 Å². The van der Waals surface area contributed by atoms with Crippen molar-refractivity contribution in [3.8, 4) is 0 Å². The van der Waals surface area contributed by atoms with Crippen LogP contribution in [0.3, 0.4) is 0 Å². The smallest absolute Gasteiger partial charge is 0.0582 e. The van der Waals surface area contributed by atoms with Crippen molar-refractivity contribution in [3.05, 3.63) is 34.9 Å². The first-order valence-corrected chi connectivity index (χ1v) is 5.48. The molecule has 2 nitrogen and oxygen atoms in total. The van der Waals surface area contributed by atoms with Crippen molar-refractivity contribution in [1.82, 2.24) is 5.32 Å². The maximum atomic E-state index is 8.99. The highest BCUT2D eigenvalue weighted by atomic mass is 16.3. The maximum Gasteiger partial charge on any atom is 0.0582 e. The number of rotatable bonds is 4. The fourth-order valence-electron chi connectivity index (χ4n) is 1.80. The first-order valence-electron chi connectivity index (χ1n) is 5.48. The van der Waals surface area contributed by atoms with E-state index in [0.29, 0.717) is 0 Å². The third kappa shape index (κ3) is 3.33. The Hall–Kier alpha value is -0.860. The first-order chi connectivity index (χ1) is 7.04. The van der Waals surface area contributed by atoms with E-state index < -0.39 is 0 Å². The van der Waals surface area contributed by atoms with E-state index in [0.717, 1.165) is 0 Å². The van der Waals surface area contributed by atoms with Crippen LogP contribution in [0.5, 0.6) is 0 Å². The van der Waals surface area contributed by atoms with E-state index in [1.165, 1.54) is 16.7 Å². The summed E-state index contributed by atoms with van der Waals surface area (Å²) < 4.78 is 0. The summed E-state index contributed by atoms with van der Waals surface area (Å²) in [4.78, 5) is 0. The van der Waals surface area contributed by atoms with E-state index in [1.54, 1.807) is 0 Å². The van der Waals surface area contributed by atoms with Crippen molar-refractivity contribution in [1.29, 1.82) is 0 Å². The van der Waals surface area contributed by atoms with Crippen LogP contribution in [0.4, 0.5) is 0 Å². The van der Waals surface area contributed by atoms with Crippen molar-refractivity contribution in [3.63, 3.8) is 0 Å². The molecule has 2 heteroatoms. The molecule has 0 aliphatic heterocycles. The number of hydrogen-bond acceptors (Lipinski definition) is 2. The number of hydrogen-bond donors (Lipinski definition) is 2. The molecule has 1 rings (SSSR count). The molecule has 15 heavy (non-hydrogen) atoms.